The third-order valence-electron chi connectivity index (χ3n) is 3.13. The van der Waals surface area contributed by atoms with E-state index >= 15 is 0 Å². The highest BCUT2D eigenvalue weighted by molar-refractivity contribution is 7.80. The molecule has 2 rings (SSSR count). The monoisotopic (exact) mass is 272 g/mol. The minimum atomic E-state index is -0.918. The minimum Gasteiger partial charge on any atom is -0.478 e. The first-order valence-corrected chi connectivity index (χ1v) is 6.61. The fourth-order valence-corrected chi connectivity index (χ4v) is 2.29. The summed E-state index contributed by atoms with van der Waals surface area (Å²) in [6, 6.07) is 13.0. The average molecular weight is 272 g/mol. The van der Waals surface area contributed by atoms with Gasteiger partial charge in [-0.05, 0) is 40.8 Å². The number of hydrogen-bond donors (Lipinski definition) is 2. The second kappa shape index (κ2) is 5.49. The lowest BCUT2D eigenvalue weighted by Crippen LogP contribution is -2.00. The van der Waals surface area contributed by atoms with Gasteiger partial charge in [0, 0.05) is 4.90 Å². The van der Waals surface area contributed by atoms with E-state index in [1.807, 2.05) is 30.3 Å². The maximum absolute atomic E-state index is 11.3. The molecule has 0 amide bonds. The summed E-state index contributed by atoms with van der Waals surface area (Å²) in [7, 11) is 0. The highest BCUT2D eigenvalue weighted by Crippen LogP contribution is 2.32. The topological polar surface area (TPSA) is 37.3 Å². The van der Waals surface area contributed by atoms with Gasteiger partial charge in [0.05, 0.1) is 5.56 Å². The number of carboxylic acids is 1. The smallest absolute Gasteiger partial charge is 0.336 e. The van der Waals surface area contributed by atoms with Crippen LogP contribution < -0.4 is 0 Å². The van der Waals surface area contributed by atoms with E-state index in [1.54, 1.807) is 12.1 Å². The first-order valence-electron chi connectivity index (χ1n) is 6.16. The Kier molecular flexibility index (Phi) is 3.96. The molecule has 0 bridgehead atoms. The lowest BCUT2D eigenvalue weighted by atomic mass is 9.94. The van der Waals surface area contributed by atoms with Crippen LogP contribution in [0, 0.1) is 0 Å². The first kappa shape index (κ1) is 13.7. The normalized spacial score (nSPS) is 10.7. The molecule has 0 spiro atoms. The molecule has 0 saturated carbocycles. The molecule has 0 unspecified atom stereocenters. The Morgan fingerprint density at radius 2 is 1.79 bits per heavy atom. The van der Waals surface area contributed by atoms with Gasteiger partial charge < -0.3 is 5.11 Å². The van der Waals surface area contributed by atoms with Crippen LogP contribution in [0.25, 0.3) is 11.1 Å². The summed E-state index contributed by atoms with van der Waals surface area (Å²) in [5.74, 6) is -0.525. The van der Waals surface area contributed by atoms with Crippen molar-refractivity contribution in [3.63, 3.8) is 0 Å². The highest BCUT2D eigenvalue weighted by Gasteiger charge is 2.13. The molecule has 0 aliphatic heterocycles. The zero-order valence-electron chi connectivity index (χ0n) is 10.9. The second-order valence-corrected chi connectivity index (χ2v) is 5.26. The van der Waals surface area contributed by atoms with E-state index in [0.717, 1.165) is 10.5 Å². The van der Waals surface area contributed by atoms with E-state index < -0.39 is 5.97 Å². The zero-order chi connectivity index (χ0) is 14.0. The van der Waals surface area contributed by atoms with Crippen molar-refractivity contribution in [2.75, 3.05) is 0 Å². The summed E-state index contributed by atoms with van der Waals surface area (Å²) < 4.78 is 0. The van der Waals surface area contributed by atoms with Gasteiger partial charge in [-0.2, -0.15) is 0 Å². The van der Waals surface area contributed by atoms with Crippen molar-refractivity contribution < 1.29 is 9.90 Å². The molecule has 2 aromatic carbocycles. The summed E-state index contributed by atoms with van der Waals surface area (Å²) in [6.07, 6.45) is 0. The average Bonchev–Trinajstić information content (AvgIpc) is 2.39. The predicted molar refractivity (Wildman–Crippen MR) is 80.2 cm³/mol. The third kappa shape index (κ3) is 2.82. The summed E-state index contributed by atoms with van der Waals surface area (Å²) in [6.45, 7) is 4.22. The van der Waals surface area contributed by atoms with Crippen molar-refractivity contribution in [2.24, 2.45) is 0 Å². The maximum Gasteiger partial charge on any atom is 0.336 e. The van der Waals surface area contributed by atoms with Crippen LogP contribution in [0.5, 0.6) is 0 Å². The molecule has 98 valence electrons. The standard InChI is InChI=1S/C16H16O2S/c1-10(2)11-7-8-15(19)14(9-11)12-5-3-4-6-13(12)16(17)18/h3-10,19H,1-2H3,(H,17,18). The van der Waals surface area contributed by atoms with Crippen molar-refractivity contribution in [1.82, 2.24) is 0 Å². The minimum absolute atomic E-state index is 0.304. The van der Waals surface area contributed by atoms with Crippen LogP contribution in [0.1, 0.15) is 35.7 Å². The fraction of sp³-hybridized carbons (Fsp3) is 0.188. The Morgan fingerprint density at radius 1 is 1.11 bits per heavy atom. The number of thiol groups is 1. The molecule has 1 N–H and O–H groups in total. The van der Waals surface area contributed by atoms with Crippen molar-refractivity contribution in [2.45, 2.75) is 24.7 Å². The van der Waals surface area contributed by atoms with E-state index in [2.05, 4.69) is 26.5 Å². The molecule has 0 radical (unpaired) electrons. The van der Waals surface area contributed by atoms with E-state index in [0.29, 0.717) is 17.0 Å². The SMILES string of the molecule is CC(C)c1ccc(S)c(-c2ccccc2C(=O)O)c1. The summed E-state index contributed by atoms with van der Waals surface area (Å²) >= 11 is 4.45. The molecule has 0 aromatic heterocycles. The lowest BCUT2D eigenvalue weighted by molar-refractivity contribution is 0.0697. The zero-order valence-corrected chi connectivity index (χ0v) is 11.8. The number of carbonyl (C=O) groups is 1. The van der Waals surface area contributed by atoms with Crippen molar-refractivity contribution in [3.05, 3.63) is 53.6 Å². The summed E-state index contributed by atoms with van der Waals surface area (Å²) in [5, 5.41) is 9.27. The molecule has 2 aromatic rings. The Labute approximate surface area is 118 Å². The molecule has 3 heteroatoms. The molecule has 0 aliphatic rings. The summed E-state index contributed by atoms with van der Waals surface area (Å²) in [5.41, 5.74) is 3.06. The Hall–Kier alpha value is -1.74. The van der Waals surface area contributed by atoms with Crippen LogP contribution in [-0.4, -0.2) is 11.1 Å². The molecule has 0 aliphatic carbocycles. The number of aromatic carboxylic acids is 1. The quantitative estimate of drug-likeness (QED) is 0.809. The third-order valence-corrected chi connectivity index (χ3v) is 3.52. The largest absolute Gasteiger partial charge is 0.478 e. The molecule has 2 nitrogen and oxygen atoms in total. The molecule has 0 atom stereocenters. The van der Waals surface area contributed by atoms with Gasteiger partial charge in [-0.15, -0.1) is 12.6 Å². The molecule has 19 heavy (non-hydrogen) atoms. The predicted octanol–water partition coefficient (Wildman–Crippen LogP) is 4.46. The van der Waals surface area contributed by atoms with Crippen LogP contribution >= 0.6 is 12.6 Å². The van der Waals surface area contributed by atoms with E-state index in [4.69, 9.17) is 0 Å². The number of benzene rings is 2. The van der Waals surface area contributed by atoms with Gasteiger partial charge >= 0.3 is 5.97 Å². The second-order valence-electron chi connectivity index (χ2n) is 4.78. The Bertz CT molecular complexity index is 618. The van der Waals surface area contributed by atoms with Crippen LogP contribution in [0.2, 0.25) is 0 Å². The maximum atomic E-state index is 11.3. The van der Waals surface area contributed by atoms with Crippen molar-refractivity contribution in [1.29, 1.82) is 0 Å². The lowest BCUT2D eigenvalue weighted by Gasteiger charge is -2.12. The van der Waals surface area contributed by atoms with Gasteiger partial charge in [-0.1, -0.05) is 38.1 Å². The Morgan fingerprint density at radius 3 is 2.42 bits per heavy atom. The molecule has 0 saturated heterocycles. The number of rotatable bonds is 3. The van der Waals surface area contributed by atoms with Gasteiger partial charge in [-0.3, -0.25) is 0 Å². The van der Waals surface area contributed by atoms with Gasteiger partial charge in [0.15, 0.2) is 0 Å². The van der Waals surface area contributed by atoms with Crippen molar-refractivity contribution >= 4 is 18.6 Å². The number of carboxylic acid groups (broad SMARTS) is 1. The summed E-state index contributed by atoms with van der Waals surface area (Å²) in [4.78, 5) is 12.1. The number of hydrogen-bond acceptors (Lipinski definition) is 2. The molecule has 0 fully saturated rings. The van der Waals surface area contributed by atoms with E-state index in [-0.39, 0.29) is 0 Å². The van der Waals surface area contributed by atoms with E-state index in [9.17, 15) is 9.90 Å². The van der Waals surface area contributed by atoms with Gasteiger partial charge in [-0.25, -0.2) is 4.79 Å². The Balaban J connectivity index is 2.65. The van der Waals surface area contributed by atoms with Crippen LogP contribution in [0.3, 0.4) is 0 Å². The molecular weight excluding hydrogens is 256 g/mol. The van der Waals surface area contributed by atoms with Crippen molar-refractivity contribution in [3.8, 4) is 11.1 Å². The van der Waals surface area contributed by atoms with E-state index in [1.165, 1.54) is 5.56 Å². The van der Waals surface area contributed by atoms with Gasteiger partial charge in [0.1, 0.15) is 0 Å². The van der Waals surface area contributed by atoms with Crippen LogP contribution in [-0.2, 0) is 0 Å². The first-order chi connectivity index (χ1) is 9.00. The van der Waals surface area contributed by atoms with Crippen LogP contribution in [0.4, 0.5) is 0 Å². The van der Waals surface area contributed by atoms with Gasteiger partial charge in [0.2, 0.25) is 0 Å². The fourth-order valence-electron chi connectivity index (χ4n) is 2.03. The molecule has 0 heterocycles. The van der Waals surface area contributed by atoms with Gasteiger partial charge in [0.25, 0.3) is 0 Å². The molecular formula is C16H16O2S. The van der Waals surface area contributed by atoms with Crippen LogP contribution in [0.15, 0.2) is 47.4 Å². The highest BCUT2D eigenvalue weighted by atomic mass is 32.1.